The molecule has 1 aliphatic rings. The number of hydrogen-bond acceptors (Lipinski definition) is 7. The van der Waals surface area contributed by atoms with Crippen LogP contribution in [0.2, 0.25) is 0 Å². The summed E-state index contributed by atoms with van der Waals surface area (Å²) >= 11 is 0. The van der Waals surface area contributed by atoms with Gasteiger partial charge in [-0.1, -0.05) is 0 Å². The number of halogens is 2. The van der Waals surface area contributed by atoms with E-state index >= 15 is 0 Å². The number of rotatable bonds is 9. The monoisotopic (exact) mass is 511 g/mol. The van der Waals surface area contributed by atoms with Gasteiger partial charge in [0.15, 0.2) is 6.01 Å². The molecule has 0 aliphatic heterocycles. The third-order valence-electron chi connectivity index (χ3n) is 4.92. The molecule has 1 unspecified atom stereocenters. The molecule has 0 saturated heterocycles. The molecule has 0 bridgehead atoms. The van der Waals surface area contributed by atoms with Gasteiger partial charge in [-0.05, 0) is 43.5 Å². The minimum atomic E-state index is -4.12. The summed E-state index contributed by atoms with van der Waals surface area (Å²) in [6.07, 6.45) is 2.18. The summed E-state index contributed by atoms with van der Waals surface area (Å²) in [6, 6.07) is 6.59. The predicted octanol–water partition coefficient (Wildman–Crippen LogP) is 3.97. The SMILES string of the molecule is COCCCN=C1CCc2c(Oc3cc(F)cc(C#N)c3)ccc(S(=O)(CF)=NS(C)(=O)=O)c21. The van der Waals surface area contributed by atoms with Gasteiger partial charge in [0.2, 0.25) is 0 Å². The molecule has 0 aromatic heterocycles. The first kappa shape index (κ1) is 25.7. The number of nitrogens with zero attached hydrogens (tertiary/aromatic N) is 3. The highest BCUT2D eigenvalue weighted by Gasteiger charge is 2.31. The lowest BCUT2D eigenvalue weighted by atomic mass is 10.1. The average Bonchev–Trinajstić information content (AvgIpc) is 3.19. The normalized spacial score (nSPS) is 16.0. The Labute approximate surface area is 197 Å². The maximum absolute atomic E-state index is 14.0. The van der Waals surface area contributed by atoms with Crippen LogP contribution < -0.4 is 4.74 Å². The molecule has 0 heterocycles. The zero-order valence-corrected chi connectivity index (χ0v) is 20.2. The Morgan fingerprint density at radius 2 is 1.94 bits per heavy atom. The number of aliphatic imine (C=N–C) groups is 1. The van der Waals surface area contributed by atoms with E-state index in [1.165, 1.54) is 18.2 Å². The zero-order valence-electron chi connectivity index (χ0n) is 18.6. The van der Waals surface area contributed by atoms with Crippen LogP contribution in [0, 0.1) is 17.1 Å². The number of nitriles is 1. The van der Waals surface area contributed by atoms with E-state index in [9.17, 15) is 21.4 Å². The first-order valence-corrected chi connectivity index (χ1v) is 13.7. The van der Waals surface area contributed by atoms with Crippen molar-refractivity contribution in [3.05, 3.63) is 52.8 Å². The van der Waals surface area contributed by atoms with Crippen LogP contribution >= 0.6 is 0 Å². The lowest BCUT2D eigenvalue weighted by Gasteiger charge is -2.16. The summed E-state index contributed by atoms with van der Waals surface area (Å²) in [5, 5.41) is 9.08. The molecule has 0 N–H and O–H groups in total. The summed E-state index contributed by atoms with van der Waals surface area (Å²) in [7, 11) is -6.52. The molecule has 2 aromatic rings. The quantitative estimate of drug-likeness (QED) is 0.470. The fourth-order valence-electron chi connectivity index (χ4n) is 3.63. The van der Waals surface area contributed by atoms with Gasteiger partial charge in [-0.2, -0.15) is 5.26 Å². The highest BCUT2D eigenvalue weighted by atomic mass is 32.3. The number of hydrogen-bond donors (Lipinski definition) is 0. The molecular weight excluding hydrogens is 488 g/mol. The van der Waals surface area contributed by atoms with E-state index in [0.29, 0.717) is 49.3 Å². The van der Waals surface area contributed by atoms with Crippen molar-refractivity contribution in [1.82, 2.24) is 0 Å². The largest absolute Gasteiger partial charge is 0.457 e. The van der Waals surface area contributed by atoms with Gasteiger partial charge in [0.1, 0.15) is 27.0 Å². The van der Waals surface area contributed by atoms with Crippen LogP contribution in [0.5, 0.6) is 11.5 Å². The van der Waals surface area contributed by atoms with E-state index < -0.39 is 31.6 Å². The summed E-state index contributed by atoms with van der Waals surface area (Å²) in [4.78, 5) is 4.45. The van der Waals surface area contributed by atoms with Crippen molar-refractivity contribution in [3.8, 4) is 17.6 Å². The van der Waals surface area contributed by atoms with E-state index in [1.807, 2.05) is 6.07 Å². The third-order valence-corrected chi connectivity index (χ3v) is 8.29. The molecule has 8 nitrogen and oxygen atoms in total. The second kappa shape index (κ2) is 10.6. The third kappa shape index (κ3) is 5.97. The molecule has 12 heteroatoms. The molecule has 34 heavy (non-hydrogen) atoms. The first-order chi connectivity index (χ1) is 16.1. The van der Waals surface area contributed by atoms with Crippen LogP contribution in [0.15, 0.2) is 44.0 Å². The fraction of sp³-hybridized carbons (Fsp3) is 0.364. The van der Waals surface area contributed by atoms with Gasteiger partial charge >= 0.3 is 0 Å². The standard InChI is InChI=1S/C22H23F2N3O5S2/c1-31-9-3-8-26-19-5-4-18-20(32-17-11-15(13-25)10-16(24)12-17)6-7-21(22(18)19)34(30,14-23)27-33(2,28)29/h6-7,10-12H,3-5,8-9,14H2,1-2H3. The van der Waals surface area contributed by atoms with Crippen molar-refractivity contribution in [2.24, 2.45) is 8.76 Å². The Kier molecular flexibility index (Phi) is 8.01. The second-order valence-electron chi connectivity index (χ2n) is 7.54. The van der Waals surface area contributed by atoms with Crippen LogP contribution in [0.3, 0.4) is 0 Å². The van der Waals surface area contributed by atoms with E-state index in [4.69, 9.17) is 14.7 Å². The lowest BCUT2D eigenvalue weighted by Crippen LogP contribution is -2.12. The number of benzene rings is 2. The summed E-state index contributed by atoms with van der Waals surface area (Å²) in [5.74, 6) is -0.311. The number of sulfonamides is 1. The zero-order chi connectivity index (χ0) is 24.9. The van der Waals surface area contributed by atoms with Gasteiger partial charge in [-0.15, -0.1) is 3.77 Å². The molecule has 0 amide bonds. The van der Waals surface area contributed by atoms with Crippen molar-refractivity contribution in [2.75, 3.05) is 32.5 Å². The average molecular weight is 512 g/mol. The van der Waals surface area contributed by atoms with Crippen LogP contribution in [-0.2, 0) is 30.9 Å². The molecule has 0 saturated carbocycles. The van der Waals surface area contributed by atoms with Gasteiger partial charge in [0.05, 0.1) is 22.8 Å². The van der Waals surface area contributed by atoms with Gasteiger partial charge in [-0.3, -0.25) is 4.99 Å². The van der Waals surface area contributed by atoms with E-state index in [-0.39, 0.29) is 22.0 Å². The van der Waals surface area contributed by atoms with Gasteiger partial charge in [0, 0.05) is 43.2 Å². The van der Waals surface area contributed by atoms with Crippen molar-refractivity contribution in [3.63, 3.8) is 0 Å². The minimum absolute atomic E-state index is 0.0658. The number of ether oxygens (including phenoxy) is 2. The minimum Gasteiger partial charge on any atom is -0.457 e. The predicted molar refractivity (Wildman–Crippen MR) is 124 cm³/mol. The Bertz CT molecular complexity index is 1390. The highest BCUT2D eigenvalue weighted by molar-refractivity contribution is 8.03. The first-order valence-electron chi connectivity index (χ1n) is 10.2. The number of fused-ring (bicyclic) bond motifs is 1. The molecule has 2 aromatic carbocycles. The van der Waals surface area contributed by atoms with Crippen LogP contribution in [0.25, 0.3) is 0 Å². The molecule has 0 fully saturated rings. The van der Waals surface area contributed by atoms with Gasteiger partial charge < -0.3 is 9.47 Å². The van der Waals surface area contributed by atoms with Crippen molar-refractivity contribution < 1.29 is 30.9 Å². The van der Waals surface area contributed by atoms with E-state index in [0.717, 1.165) is 18.4 Å². The molecular formula is C22H23F2N3O5S2. The smallest absolute Gasteiger partial charge is 0.258 e. The Morgan fingerprint density at radius 1 is 1.18 bits per heavy atom. The van der Waals surface area contributed by atoms with E-state index in [2.05, 4.69) is 8.76 Å². The fourth-order valence-corrected chi connectivity index (χ4v) is 6.82. The van der Waals surface area contributed by atoms with Gasteiger partial charge in [0.25, 0.3) is 10.0 Å². The summed E-state index contributed by atoms with van der Waals surface area (Å²) in [5.41, 5.74) is 1.43. The second-order valence-corrected chi connectivity index (χ2v) is 11.5. The van der Waals surface area contributed by atoms with Crippen molar-refractivity contribution in [2.45, 2.75) is 24.2 Å². The van der Waals surface area contributed by atoms with Crippen LogP contribution in [0.4, 0.5) is 8.78 Å². The molecule has 182 valence electrons. The molecule has 0 radical (unpaired) electrons. The summed E-state index contributed by atoms with van der Waals surface area (Å²) < 4.78 is 78.9. The maximum Gasteiger partial charge on any atom is 0.258 e. The van der Waals surface area contributed by atoms with E-state index in [1.54, 1.807) is 7.11 Å². The number of methoxy groups -OCH3 is 1. The van der Waals surface area contributed by atoms with Crippen LogP contribution in [-0.4, -0.2) is 50.9 Å². The molecule has 1 atom stereocenters. The molecule has 0 spiro atoms. The number of alkyl halides is 1. The topological polar surface area (TPSA) is 118 Å². The van der Waals surface area contributed by atoms with Crippen LogP contribution in [0.1, 0.15) is 29.5 Å². The Morgan fingerprint density at radius 3 is 2.59 bits per heavy atom. The van der Waals surface area contributed by atoms with Crippen molar-refractivity contribution >= 4 is 25.5 Å². The summed E-state index contributed by atoms with van der Waals surface area (Å²) in [6.45, 7) is 0.869. The lowest BCUT2D eigenvalue weighted by molar-refractivity contribution is 0.197. The molecule has 1 aliphatic carbocycles. The van der Waals surface area contributed by atoms with Gasteiger partial charge in [-0.25, -0.2) is 21.4 Å². The Hall–Kier alpha value is -2.88. The van der Waals surface area contributed by atoms with Crippen molar-refractivity contribution in [1.29, 1.82) is 5.26 Å². The molecule has 3 rings (SSSR count). The highest BCUT2D eigenvalue weighted by Crippen LogP contribution is 2.39. The Balaban J connectivity index is 2.18. The maximum atomic E-state index is 14.0.